The molecule has 3 nitrogen and oxygen atoms in total. The van der Waals surface area contributed by atoms with Crippen LogP contribution in [-0.2, 0) is 9.59 Å². The summed E-state index contributed by atoms with van der Waals surface area (Å²) >= 11 is 6.28. The van der Waals surface area contributed by atoms with E-state index in [1.807, 2.05) is 25.1 Å². The first-order valence-corrected chi connectivity index (χ1v) is 7.79. The number of imide groups is 1. The fourth-order valence-corrected chi connectivity index (χ4v) is 3.36. The van der Waals surface area contributed by atoms with Crippen LogP contribution in [0, 0.1) is 11.3 Å². The Morgan fingerprint density at radius 3 is 2.62 bits per heavy atom. The lowest BCUT2D eigenvalue weighted by Gasteiger charge is -2.40. The van der Waals surface area contributed by atoms with E-state index in [0.717, 1.165) is 18.4 Å². The highest BCUT2D eigenvalue weighted by Crippen LogP contribution is 2.47. The molecule has 0 spiro atoms. The second-order valence-corrected chi connectivity index (χ2v) is 7.04. The summed E-state index contributed by atoms with van der Waals surface area (Å²) < 4.78 is 0. The molecule has 2 amide bonds. The summed E-state index contributed by atoms with van der Waals surface area (Å²) in [6.45, 7) is 6.33. The molecule has 1 aliphatic rings. The Balaban J connectivity index is 2.40. The minimum atomic E-state index is -0.380. The van der Waals surface area contributed by atoms with Gasteiger partial charge in [0, 0.05) is 11.4 Å². The summed E-state index contributed by atoms with van der Waals surface area (Å²) in [5.74, 6) is -0.253. The lowest BCUT2D eigenvalue weighted by molar-refractivity contribution is -0.139. The van der Waals surface area contributed by atoms with E-state index in [1.54, 1.807) is 6.07 Å². The van der Waals surface area contributed by atoms with E-state index in [1.165, 1.54) is 0 Å². The zero-order valence-electron chi connectivity index (χ0n) is 12.8. The number of carbonyl (C=O) groups is 2. The number of amides is 2. The Kier molecular flexibility index (Phi) is 4.72. The molecule has 4 heteroatoms. The summed E-state index contributed by atoms with van der Waals surface area (Å²) in [6.07, 6.45) is 2.18. The Morgan fingerprint density at radius 1 is 1.33 bits per heavy atom. The smallest absolute Gasteiger partial charge is 0.234 e. The fourth-order valence-electron chi connectivity index (χ4n) is 3.12. The molecule has 1 saturated heterocycles. The lowest BCUT2D eigenvalue weighted by atomic mass is 9.65. The van der Waals surface area contributed by atoms with Crippen LogP contribution < -0.4 is 5.32 Å². The molecule has 1 fully saturated rings. The number of benzene rings is 1. The van der Waals surface area contributed by atoms with Crippen LogP contribution in [-0.4, -0.2) is 11.8 Å². The third-order valence-electron chi connectivity index (χ3n) is 4.30. The van der Waals surface area contributed by atoms with Gasteiger partial charge in [-0.25, -0.2) is 0 Å². The molecule has 1 aromatic rings. The van der Waals surface area contributed by atoms with Gasteiger partial charge < -0.3 is 0 Å². The number of halogens is 1. The van der Waals surface area contributed by atoms with Gasteiger partial charge in [0.1, 0.15) is 0 Å². The number of nitrogens with one attached hydrogen (secondary N) is 1. The standard InChI is InChI=1S/C17H22ClNO2/c1-11(2)8-9-17(3)10-14(20)19-16(21)15(17)12-6-4-5-7-13(12)18/h4-7,11,15H,8-10H2,1-3H3,(H,19,20,21). The average molecular weight is 308 g/mol. The van der Waals surface area contributed by atoms with Crippen molar-refractivity contribution in [1.29, 1.82) is 0 Å². The first-order chi connectivity index (χ1) is 9.83. The topological polar surface area (TPSA) is 46.2 Å². The van der Waals surface area contributed by atoms with Crippen molar-refractivity contribution < 1.29 is 9.59 Å². The summed E-state index contributed by atoms with van der Waals surface area (Å²) in [5, 5.41) is 3.05. The molecule has 1 aliphatic heterocycles. The zero-order chi connectivity index (χ0) is 15.6. The highest BCUT2D eigenvalue weighted by atomic mass is 35.5. The molecule has 0 radical (unpaired) electrons. The highest BCUT2D eigenvalue weighted by molar-refractivity contribution is 6.31. The predicted molar refractivity (Wildman–Crippen MR) is 84.1 cm³/mol. The molecule has 1 heterocycles. The third-order valence-corrected chi connectivity index (χ3v) is 4.64. The molecule has 2 unspecified atom stereocenters. The van der Waals surface area contributed by atoms with Gasteiger partial charge in [-0.2, -0.15) is 0 Å². The molecule has 1 N–H and O–H groups in total. The molecule has 21 heavy (non-hydrogen) atoms. The van der Waals surface area contributed by atoms with E-state index in [9.17, 15) is 9.59 Å². The highest BCUT2D eigenvalue weighted by Gasteiger charge is 2.46. The van der Waals surface area contributed by atoms with Gasteiger partial charge in [-0.3, -0.25) is 14.9 Å². The van der Waals surface area contributed by atoms with Crippen molar-refractivity contribution >= 4 is 23.4 Å². The van der Waals surface area contributed by atoms with Gasteiger partial charge in [0.2, 0.25) is 11.8 Å². The van der Waals surface area contributed by atoms with Crippen LogP contribution in [0.25, 0.3) is 0 Å². The second kappa shape index (κ2) is 6.18. The predicted octanol–water partition coefficient (Wildman–Crippen LogP) is 3.91. The van der Waals surface area contributed by atoms with Crippen LogP contribution in [0.2, 0.25) is 5.02 Å². The van der Waals surface area contributed by atoms with Gasteiger partial charge in [0.15, 0.2) is 0 Å². The van der Waals surface area contributed by atoms with Gasteiger partial charge in [-0.05, 0) is 29.4 Å². The van der Waals surface area contributed by atoms with E-state index in [2.05, 4.69) is 19.2 Å². The molecule has 1 aromatic carbocycles. The maximum absolute atomic E-state index is 12.4. The van der Waals surface area contributed by atoms with E-state index in [-0.39, 0.29) is 23.1 Å². The molecule has 0 saturated carbocycles. The minimum absolute atomic E-state index is 0.186. The molecule has 114 valence electrons. The average Bonchev–Trinajstić information content (AvgIpc) is 2.38. The lowest BCUT2D eigenvalue weighted by Crippen LogP contribution is -2.49. The molecule has 2 rings (SSSR count). The van der Waals surface area contributed by atoms with Crippen LogP contribution in [0.1, 0.15) is 51.5 Å². The number of carbonyl (C=O) groups excluding carboxylic acids is 2. The zero-order valence-corrected chi connectivity index (χ0v) is 13.5. The van der Waals surface area contributed by atoms with Crippen molar-refractivity contribution in [2.75, 3.05) is 0 Å². The first-order valence-electron chi connectivity index (χ1n) is 7.41. The normalized spacial score (nSPS) is 26.0. The SMILES string of the molecule is CC(C)CCC1(C)CC(=O)NC(=O)C1c1ccccc1Cl. The van der Waals surface area contributed by atoms with Crippen molar-refractivity contribution in [1.82, 2.24) is 5.32 Å². The third kappa shape index (κ3) is 3.46. The number of rotatable bonds is 4. The van der Waals surface area contributed by atoms with E-state index < -0.39 is 0 Å². The summed E-state index contributed by atoms with van der Waals surface area (Å²) in [7, 11) is 0. The second-order valence-electron chi connectivity index (χ2n) is 6.63. The fraction of sp³-hybridized carbons (Fsp3) is 0.529. The summed E-state index contributed by atoms with van der Waals surface area (Å²) in [6, 6.07) is 7.41. The summed E-state index contributed by atoms with van der Waals surface area (Å²) in [5.41, 5.74) is 0.435. The van der Waals surface area contributed by atoms with Gasteiger partial charge in [-0.1, -0.05) is 57.0 Å². The largest absolute Gasteiger partial charge is 0.296 e. The van der Waals surface area contributed by atoms with Crippen LogP contribution in [0.3, 0.4) is 0 Å². The van der Waals surface area contributed by atoms with Gasteiger partial charge in [0.25, 0.3) is 0 Å². The molecule has 2 atom stereocenters. The minimum Gasteiger partial charge on any atom is -0.296 e. The van der Waals surface area contributed by atoms with Crippen LogP contribution in [0.15, 0.2) is 24.3 Å². The quantitative estimate of drug-likeness (QED) is 0.857. The Morgan fingerprint density at radius 2 is 2.00 bits per heavy atom. The van der Waals surface area contributed by atoms with Crippen molar-refractivity contribution in [3.63, 3.8) is 0 Å². The molecule has 0 aliphatic carbocycles. The Labute approximate surface area is 131 Å². The van der Waals surface area contributed by atoms with Crippen LogP contribution in [0.4, 0.5) is 0 Å². The van der Waals surface area contributed by atoms with Crippen molar-refractivity contribution in [3.8, 4) is 0 Å². The number of hydrogen-bond donors (Lipinski definition) is 1. The van der Waals surface area contributed by atoms with Crippen LogP contribution >= 0.6 is 11.6 Å². The molecule has 0 aromatic heterocycles. The molecular weight excluding hydrogens is 286 g/mol. The van der Waals surface area contributed by atoms with E-state index in [0.29, 0.717) is 17.4 Å². The maximum Gasteiger partial charge on any atom is 0.234 e. The number of hydrogen-bond acceptors (Lipinski definition) is 2. The maximum atomic E-state index is 12.4. The van der Waals surface area contributed by atoms with E-state index in [4.69, 9.17) is 11.6 Å². The monoisotopic (exact) mass is 307 g/mol. The Bertz CT molecular complexity index is 555. The number of piperidine rings is 1. The van der Waals surface area contributed by atoms with E-state index >= 15 is 0 Å². The molecule has 0 bridgehead atoms. The van der Waals surface area contributed by atoms with Crippen LogP contribution in [0.5, 0.6) is 0 Å². The van der Waals surface area contributed by atoms with Gasteiger partial charge in [-0.15, -0.1) is 0 Å². The summed E-state index contributed by atoms with van der Waals surface area (Å²) in [4.78, 5) is 24.3. The van der Waals surface area contributed by atoms with Crippen molar-refractivity contribution in [3.05, 3.63) is 34.9 Å². The Hall–Kier alpha value is -1.35. The molecular formula is C17H22ClNO2. The van der Waals surface area contributed by atoms with Crippen molar-refractivity contribution in [2.45, 2.75) is 46.0 Å². The first kappa shape index (κ1) is 16.0. The van der Waals surface area contributed by atoms with Gasteiger partial charge in [0.05, 0.1) is 5.92 Å². The van der Waals surface area contributed by atoms with Crippen molar-refractivity contribution in [2.24, 2.45) is 11.3 Å². The van der Waals surface area contributed by atoms with Gasteiger partial charge >= 0.3 is 0 Å².